The van der Waals surface area contributed by atoms with Crippen LogP contribution in [-0.2, 0) is 41.2 Å². The van der Waals surface area contributed by atoms with Crippen molar-refractivity contribution >= 4 is 30.5 Å². The lowest BCUT2D eigenvalue weighted by molar-refractivity contribution is -0.169. The largest absolute Gasteiger partial charge is 0.507 e. The zero-order chi connectivity index (χ0) is 24.2. The van der Waals surface area contributed by atoms with E-state index >= 15 is 0 Å². The molecule has 4 rings (SSSR count). The molecule has 0 aromatic heterocycles. The molecular formula is C25H33O6P. The van der Waals surface area contributed by atoms with Crippen LogP contribution in [0.3, 0.4) is 0 Å². The Morgan fingerprint density at radius 2 is 1.38 bits per heavy atom. The predicted octanol–water partition coefficient (Wildman–Crippen LogP) is 4.71. The Hall–Kier alpha value is -2.07. The van der Waals surface area contributed by atoms with E-state index in [4.69, 9.17) is 4.74 Å². The number of esters is 1. The Bertz CT molecular complexity index is 914. The first-order valence-corrected chi connectivity index (χ1v) is 12.4. The van der Waals surface area contributed by atoms with E-state index in [9.17, 15) is 24.3 Å². The van der Waals surface area contributed by atoms with Crippen molar-refractivity contribution in [3.63, 3.8) is 0 Å². The van der Waals surface area contributed by atoms with Crippen molar-refractivity contribution in [1.82, 2.24) is 0 Å². The Morgan fingerprint density at radius 1 is 0.969 bits per heavy atom. The van der Waals surface area contributed by atoms with Gasteiger partial charge in [0.15, 0.2) is 16.6 Å². The van der Waals surface area contributed by atoms with Crippen LogP contribution < -0.4 is 0 Å². The van der Waals surface area contributed by atoms with Gasteiger partial charge in [0, 0.05) is 0 Å². The molecule has 1 aromatic rings. The molecule has 0 saturated carbocycles. The molecule has 7 heteroatoms. The van der Waals surface area contributed by atoms with Crippen LogP contribution in [0.15, 0.2) is 12.1 Å². The van der Waals surface area contributed by atoms with Crippen molar-refractivity contribution in [2.75, 3.05) is 0 Å². The van der Waals surface area contributed by atoms with Crippen molar-refractivity contribution in [3.8, 4) is 5.75 Å². The minimum atomic E-state index is -1.86. The number of rotatable bonds is 4. The van der Waals surface area contributed by atoms with Crippen molar-refractivity contribution < 1.29 is 29.0 Å². The van der Waals surface area contributed by atoms with Gasteiger partial charge in [0.2, 0.25) is 0 Å². The summed E-state index contributed by atoms with van der Waals surface area (Å²) in [6.07, 6.45) is 0.243. The first kappa shape index (κ1) is 24.6. The SMILES string of the molecule is CC(Cc1cc(C(C)(C)C)c(O)c(C(C)(C)C)c1)C(=O)OC12CC(=O)P(C(=O)C1)C(=O)C2. The quantitative estimate of drug-likeness (QED) is 0.516. The van der Waals surface area contributed by atoms with Crippen molar-refractivity contribution in [1.29, 1.82) is 0 Å². The maximum atomic E-state index is 12.9. The van der Waals surface area contributed by atoms with Gasteiger partial charge in [-0.2, -0.15) is 0 Å². The molecule has 3 fully saturated rings. The third kappa shape index (κ3) is 4.66. The smallest absolute Gasteiger partial charge is 0.309 e. The van der Waals surface area contributed by atoms with Crippen LogP contribution in [0.4, 0.5) is 0 Å². The highest BCUT2D eigenvalue weighted by atomic mass is 31.1. The summed E-state index contributed by atoms with van der Waals surface area (Å²) in [5.74, 6) is -0.784. The third-order valence-corrected chi connectivity index (χ3v) is 8.19. The molecule has 0 radical (unpaired) electrons. The molecule has 1 N–H and O–H groups in total. The van der Waals surface area contributed by atoms with E-state index in [0.717, 1.165) is 16.7 Å². The van der Waals surface area contributed by atoms with E-state index in [1.54, 1.807) is 6.92 Å². The van der Waals surface area contributed by atoms with Crippen LogP contribution >= 0.6 is 7.92 Å². The van der Waals surface area contributed by atoms with Gasteiger partial charge in [0.25, 0.3) is 0 Å². The lowest BCUT2D eigenvalue weighted by atomic mass is 9.77. The molecule has 32 heavy (non-hydrogen) atoms. The normalized spacial score (nSPS) is 24.6. The van der Waals surface area contributed by atoms with E-state index in [2.05, 4.69) is 0 Å². The van der Waals surface area contributed by atoms with Gasteiger partial charge in [-0.1, -0.05) is 60.6 Å². The summed E-state index contributed by atoms with van der Waals surface area (Å²) >= 11 is 0. The fourth-order valence-corrected chi connectivity index (χ4v) is 6.66. The molecule has 3 heterocycles. The molecule has 0 aliphatic carbocycles. The van der Waals surface area contributed by atoms with Gasteiger partial charge in [0.05, 0.1) is 25.2 Å². The van der Waals surface area contributed by atoms with Gasteiger partial charge < -0.3 is 9.84 Å². The maximum absolute atomic E-state index is 12.9. The molecular weight excluding hydrogens is 427 g/mol. The number of carbonyl (C=O) groups is 4. The van der Waals surface area contributed by atoms with Crippen LogP contribution in [0, 0.1) is 5.92 Å². The third-order valence-electron chi connectivity index (χ3n) is 6.22. The highest BCUT2D eigenvalue weighted by Gasteiger charge is 2.57. The average Bonchev–Trinajstić information content (AvgIpc) is 2.59. The summed E-state index contributed by atoms with van der Waals surface area (Å²) in [5.41, 5.74) is -0.487. The molecule has 3 aliphatic heterocycles. The van der Waals surface area contributed by atoms with Crippen LogP contribution in [0.5, 0.6) is 5.75 Å². The number of benzene rings is 1. The summed E-state index contributed by atoms with van der Waals surface area (Å²) in [7, 11) is -1.86. The van der Waals surface area contributed by atoms with Gasteiger partial charge in [0.1, 0.15) is 19.3 Å². The Kier molecular flexibility index (Phi) is 6.19. The topological polar surface area (TPSA) is 97.7 Å². The van der Waals surface area contributed by atoms with Gasteiger partial charge in [-0.05, 0) is 33.9 Å². The van der Waals surface area contributed by atoms with Crippen molar-refractivity contribution in [2.24, 2.45) is 5.92 Å². The second-order valence-corrected chi connectivity index (χ2v) is 13.5. The first-order chi connectivity index (χ1) is 14.5. The molecule has 3 aliphatic rings. The van der Waals surface area contributed by atoms with Crippen molar-refractivity contribution in [3.05, 3.63) is 28.8 Å². The summed E-state index contributed by atoms with van der Waals surface area (Å²) in [5, 5.41) is 10.9. The minimum Gasteiger partial charge on any atom is -0.507 e. The molecule has 2 bridgehead atoms. The number of phenols is 1. The minimum absolute atomic E-state index is 0.0454. The lowest BCUT2D eigenvalue weighted by Gasteiger charge is -2.42. The van der Waals surface area contributed by atoms with Gasteiger partial charge in [-0.15, -0.1) is 0 Å². The fourth-order valence-electron chi connectivity index (χ4n) is 4.48. The van der Waals surface area contributed by atoms with Crippen LogP contribution in [0.2, 0.25) is 0 Å². The summed E-state index contributed by atoms with van der Waals surface area (Å²) in [6.45, 7) is 13.9. The molecule has 1 aromatic carbocycles. The second-order valence-electron chi connectivity index (χ2n) is 11.3. The number of aromatic hydroxyl groups is 1. The number of hydrogen-bond donors (Lipinski definition) is 1. The molecule has 174 valence electrons. The van der Waals surface area contributed by atoms with Crippen molar-refractivity contribution in [2.45, 2.75) is 90.6 Å². The molecule has 1 atom stereocenters. The zero-order valence-electron chi connectivity index (χ0n) is 20.0. The monoisotopic (exact) mass is 460 g/mol. The van der Waals surface area contributed by atoms with Crippen LogP contribution in [0.25, 0.3) is 0 Å². The van der Waals surface area contributed by atoms with E-state index in [0.29, 0.717) is 6.42 Å². The second kappa shape index (κ2) is 8.06. The number of carbonyl (C=O) groups excluding carboxylic acids is 4. The maximum Gasteiger partial charge on any atom is 0.309 e. The van der Waals surface area contributed by atoms with E-state index in [1.165, 1.54) is 0 Å². The van der Waals surface area contributed by atoms with Crippen LogP contribution in [-0.4, -0.2) is 33.2 Å². The predicted molar refractivity (Wildman–Crippen MR) is 123 cm³/mol. The summed E-state index contributed by atoms with van der Waals surface area (Å²) in [6, 6.07) is 3.86. The highest BCUT2D eigenvalue weighted by Crippen LogP contribution is 2.57. The first-order valence-electron chi connectivity index (χ1n) is 11.0. The molecule has 1 unspecified atom stereocenters. The Labute approximate surface area is 190 Å². The van der Waals surface area contributed by atoms with Gasteiger partial charge in [-0.3, -0.25) is 19.2 Å². The average molecular weight is 461 g/mol. The van der Waals surface area contributed by atoms with Crippen LogP contribution in [0.1, 0.15) is 84.4 Å². The Balaban J connectivity index is 1.85. The Morgan fingerprint density at radius 3 is 1.75 bits per heavy atom. The zero-order valence-corrected chi connectivity index (χ0v) is 20.9. The number of ether oxygens (including phenoxy) is 1. The fraction of sp³-hybridized carbons (Fsp3) is 0.600. The number of phenolic OH excluding ortho intramolecular Hbond substituents is 1. The molecule has 0 amide bonds. The number of fused-ring (bicyclic) bond motifs is 3. The molecule has 3 saturated heterocycles. The lowest BCUT2D eigenvalue weighted by Crippen LogP contribution is -2.50. The molecule has 6 nitrogen and oxygen atoms in total. The van der Waals surface area contributed by atoms with Gasteiger partial charge in [-0.25, -0.2) is 0 Å². The standard InChI is InChI=1S/C25H33O6P/c1-14(22(30)31-25-11-18(26)32(19(27)12-25)20(28)13-25)8-15-9-16(23(2,3)4)21(29)17(10-15)24(5,6)7/h9-10,14,29H,8,11-13H2,1-7H3. The van der Waals surface area contributed by atoms with E-state index in [-0.39, 0.29) is 52.4 Å². The summed E-state index contributed by atoms with van der Waals surface area (Å²) in [4.78, 5) is 49.5. The van der Waals surface area contributed by atoms with E-state index < -0.39 is 25.4 Å². The van der Waals surface area contributed by atoms with E-state index in [1.807, 2.05) is 53.7 Å². The van der Waals surface area contributed by atoms with Gasteiger partial charge >= 0.3 is 5.97 Å². The summed E-state index contributed by atoms with van der Waals surface area (Å²) < 4.78 is 5.69. The molecule has 0 spiro atoms. The highest BCUT2D eigenvalue weighted by molar-refractivity contribution is 8.02. The number of hydrogen-bond acceptors (Lipinski definition) is 6.